The molecule has 0 N–H and O–H groups in total. The molecule has 0 spiro atoms. The molecule has 0 unspecified atom stereocenters. The molecule has 0 saturated carbocycles. The lowest BCUT2D eigenvalue weighted by Gasteiger charge is -2.31. The van der Waals surface area contributed by atoms with Crippen molar-refractivity contribution in [2.75, 3.05) is 13.1 Å². The first-order chi connectivity index (χ1) is 11.0. The van der Waals surface area contributed by atoms with E-state index in [2.05, 4.69) is 15.3 Å². The second-order valence-corrected chi connectivity index (χ2v) is 6.21. The Kier molecular flexibility index (Phi) is 4.66. The van der Waals surface area contributed by atoms with Gasteiger partial charge in [0.15, 0.2) is 5.82 Å². The number of carbonyl (C=O) groups is 1. The summed E-state index contributed by atoms with van der Waals surface area (Å²) in [5, 5.41) is 8.06. The molecular formula is C15H19ClN4O3. The molecule has 0 radical (unpaired) electrons. The number of carbonyl (C=O) groups excluding carboxylic acids is 1. The normalized spacial score (nSPS) is 18.4. The zero-order valence-corrected chi connectivity index (χ0v) is 14.0. The van der Waals surface area contributed by atoms with E-state index in [9.17, 15) is 4.79 Å². The Morgan fingerprint density at radius 2 is 2.17 bits per heavy atom. The highest BCUT2D eigenvalue weighted by atomic mass is 35.5. The van der Waals surface area contributed by atoms with E-state index in [4.69, 9.17) is 20.6 Å². The van der Waals surface area contributed by atoms with Crippen molar-refractivity contribution in [1.82, 2.24) is 20.2 Å². The Morgan fingerprint density at radius 3 is 2.83 bits per heavy atom. The minimum absolute atomic E-state index is 0.103. The molecule has 1 aliphatic rings. The molecule has 2 aromatic rings. The largest absolute Gasteiger partial charge is 0.344 e. The van der Waals surface area contributed by atoms with E-state index in [0.717, 1.165) is 30.6 Å². The second kappa shape index (κ2) is 6.70. The standard InChI is InChI=1S/C15H19ClN4O3/c1-9-12(14(16)23-18-9)5-6-13(21)20-7-3-4-11(8-20)15-17-10(2)22-19-15/h11H,3-8H2,1-2H3/t11-/m1/s1. The predicted octanol–water partition coefficient (Wildman–Crippen LogP) is 2.67. The van der Waals surface area contributed by atoms with Gasteiger partial charge in [0.1, 0.15) is 0 Å². The Balaban J connectivity index is 1.59. The van der Waals surface area contributed by atoms with Crippen LogP contribution in [0.4, 0.5) is 0 Å². The minimum Gasteiger partial charge on any atom is -0.344 e. The molecule has 23 heavy (non-hydrogen) atoms. The number of halogens is 1. The lowest BCUT2D eigenvalue weighted by molar-refractivity contribution is -0.132. The second-order valence-electron chi connectivity index (χ2n) is 5.87. The van der Waals surface area contributed by atoms with Crippen LogP contribution in [0.25, 0.3) is 0 Å². The number of nitrogens with zero attached hydrogens (tertiary/aromatic N) is 4. The van der Waals surface area contributed by atoms with Crippen LogP contribution >= 0.6 is 11.6 Å². The van der Waals surface area contributed by atoms with E-state index in [1.807, 2.05) is 11.8 Å². The maximum absolute atomic E-state index is 12.5. The van der Waals surface area contributed by atoms with E-state index in [0.29, 0.717) is 31.1 Å². The van der Waals surface area contributed by atoms with Crippen LogP contribution in [0.15, 0.2) is 9.05 Å². The van der Waals surface area contributed by atoms with Gasteiger partial charge in [-0.3, -0.25) is 4.79 Å². The third-order valence-electron chi connectivity index (χ3n) is 4.21. The van der Waals surface area contributed by atoms with E-state index in [1.54, 1.807) is 6.92 Å². The quantitative estimate of drug-likeness (QED) is 0.852. The van der Waals surface area contributed by atoms with E-state index < -0.39 is 0 Å². The summed E-state index contributed by atoms with van der Waals surface area (Å²) >= 11 is 5.94. The van der Waals surface area contributed by atoms with Crippen molar-refractivity contribution in [3.8, 4) is 0 Å². The van der Waals surface area contributed by atoms with Crippen LogP contribution in [0.3, 0.4) is 0 Å². The third kappa shape index (κ3) is 3.55. The van der Waals surface area contributed by atoms with Gasteiger partial charge < -0.3 is 13.9 Å². The molecule has 1 fully saturated rings. The highest BCUT2D eigenvalue weighted by molar-refractivity contribution is 6.29. The fourth-order valence-electron chi connectivity index (χ4n) is 2.93. The Bertz CT molecular complexity index is 677. The van der Waals surface area contributed by atoms with Crippen LogP contribution in [-0.4, -0.2) is 39.2 Å². The molecule has 3 rings (SSSR count). The van der Waals surface area contributed by atoms with Gasteiger partial charge in [0.25, 0.3) is 0 Å². The zero-order chi connectivity index (χ0) is 16.4. The fraction of sp³-hybridized carbons (Fsp3) is 0.600. The van der Waals surface area contributed by atoms with Crippen molar-refractivity contribution >= 4 is 17.5 Å². The summed E-state index contributed by atoms with van der Waals surface area (Å²) in [6, 6.07) is 0. The molecule has 0 aliphatic carbocycles. The molecule has 1 saturated heterocycles. The summed E-state index contributed by atoms with van der Waals surface area (Å²) in [6.45, 7) is 4.99. The van der Waals surface area contributed by atoms with Crippen LogP contribution in [0.5, 0.6) is 0 Å². The molecule has 2 aromatic heterocycles. The van der Waals surface area contributed by atoms with Crippen molar-refractivity contribution in [3.63, 3.8) is 0 Å². The van der Waals surface area contributed by atoms with Gasteiger partial charge in [-0.1, -0.05) is 10.3 Å². The number of aryl methyl sites for hydroxylation is 2. The first-order valence-corrected chi connectivity index (χ1v) is 8.11. The maximum Gasteiger partial charge on any atom is 0.229 e. The summed E-state index contributed by atoms with van der Waals surface area (Å²) in [6.07, 6.45) is 2.84. The maximum atomic E-state index is 12.5. The van der Waals surface area contributed by atoms with Crippen LogP contribution < -0.4 is 0 Å². The van der Waals surface area contributed by atoms with Crippen LogP contribution in [0.1, 0.15) is 48.2 Å². The van der Waals surface area contributed by atoms with Crippen molar-refractivity contribution in [2.24, 2.45) is 0 Å². The molecule has 0 bridgehead atoms. The fourth-order valence-corrected chi connectivity index (χ4v) is 3.19. The molecule has 1 amide bonds. The molecule has 1 atom stereocenters. The van der Waals surface area contributed by atoms with Crippen LogP contribution in [-0.2, 0) is 11.2 Å². The molecule has 7 nitrogen and oxygen atoms in total. The smallest absolute Gasteiger partial charge is 0.229 e. The van der Waals surface area contributed by atoms with Gasteiger partial charge in [-0.2, -0.15) is 4.98 Å². The predicted molar refractivity (Wildman–Crippen MR) is 82.2 cm³/mol. The number of likely N-dealkylation sites (tertiary alicyclic amines) is 1. The first kappa shape index (κ1) is 16.0. The van der Waals surface area contributed by atoms with Crippen molar-refractivity contribution in [1.29, 1.82) is 0 Å². The molecule has 124 valence electrons. The third-order valence-corrected chi connectivity index (χ3v) is 4.51. The number of amides is 1. The molecule has 3 heterocycles. The number of aromatic nitrogens is 3. The van der Waals surface area contributed by atoms with E-state index in [1.165, 1.54) is 0 Å². The van der Waals surface area contributed by atoms with E-state index in [-0.39, 0.29) is 17.0 Å². The van der Waals surface area contributed by atoms with E-state index >= 15 is 0 Å². The van der Waals surface area contributed by atoms with Crippen LogP contribution in [0.2, 0.25) is 5.22 Å². The highest BCUT2D eigenvalue weighted by Gasteiger charge is 2.27. The lowest BCUT2D eigenvalue weighted by atomic mass is 9.97. The number of rotatable bonds is 4. The Hall–Kier alpha value is -1.89. The first-order valence-electron chi connectivity index (χ1n) is 7.73. The SMILES string of the molecule is Cc1nc([C@@H]2CCCN(C(=O)CCc3c(C)noc3Cl)C2)no1. The monoisotopic (exact) mass is 338 g/mol. The minimum atomic E-state index is 0.103. The Labute approximate surface area is 139 Å². The van der Waals surface area contributed by atoms with Crippen molar-refractivity contribution in [3.05, 3.63) is 28.2 Å². The van der Waals surface area contributed by atoms with Gasteiger partial charge in [-0.05, 0) is 37.8 Å². The summed E-state index contributed by atoms with van der Waals surface area (Å²) in [4.78, 5) is 18.6. The number of piperidine rings is 1. The summed E-state index contributed by atoms with van der Waals surface area (Å²) in [5.41, 5.74) is 1.55. The van der Waals surface area contributed by atoms with Gasteiger partial charge in [0.2, 0.25) is 17.0 Å². The highest BCUT2D eigenvalue weighted by Crippen LogP contribution is 2.26. The Morgan fingerprint density at radius 1 is 1.35 bits per heavy atom. The van der Waals surface area contributed by atoms with Gasteiger partial charge in [0, 0.05) is 37.9 Å². The summed E-state index contributed by atoms with van der Waals surface area (Å²) < 4.78 is 9.95. The zero-order valence-electron chi connectivity index (χ0n) is 13.2. The average molecular weight is 339 g/mol. The number of hydrogen-bond acceptors (Lipinski definition) is 6. The van der Waals surface area contributed by atoms with Crippen molar-refractivity contribution < 1.29 is 13.8 Å². The van der Waals surface area contributed by atoms with Gasteiger partial charge >= 0.3 is 0 Å². The summed E-state index contributed by atoms with van der Waals surface area (Å²) in [7, 11) is 0. The average Bonchev–Trinajstić information content (AvgIpc) is 3.12. The van der Waals surface area contributed by atoms with Gasteiger partial charge in [-0.25, -0.2) is 0 Å². The molecule has 0 aromatic carbocycles. The molecule has 8 heteroatoms. The lowest BCUT2D eigenvalue weighted by Crippen LogP contribution is -2.39. The topological polar surface area (TPSA) is 85.3 Å². The van der Waals surface area contributed by atoms with Gasteiger partial charge in [0.05, 0.1) is 5.69 Å². The number of hydrogen-bond donors (Lipinski definition) is 0. The van der Waals surface area contributed by atoms with Gasteiger partial charge in [-0.15, -0.1) is 0 Å². The van der Waals surface area contributed by atoms with Crippen LogP contribution in [0, 0.1) is 13.8 Å². The summed E-state index contributed by atoms with van der Waals surface area (Å²) in [5.74, 6) is 1.50. The molecular weight excluding hydrogens is 320 g/mol. The molecule has 1 aliphatic heterocycles. The van der Waals surface area contributed by atoms with Crippen molar-refractivity contribution in [2.45, 2.75) is 45.4 Å².